The van der Waals surface area contributed by atoms with Crippen molar-refractivity contribution in [2.75, 3.05) is 5.32 Å². The first-order valence-corrected chi connectivity index (χ1v) is 8.82. The number of amides is 1. The van der Waals surface area contributed by atoms with E-state index in [1.54, 1.807) is 13.0 Å². The van der Waals surface area contributed by atoms with Gasteiger partial charge >= 0.3 is 0 Å². The van der Waals surface area contributed by atoms with E-state index in [1.807, 2.05) is 23.8 Å². The number of anilines is 1. The Morgan fingerprint density at radius 3 is 2.88 bits per heavy atom. The SMILES string of the molecule is CC[C@H](C(=O)Nc1cccc([N+](=O)[O-])c1C)n1nnc(-c2ccsc2)n1. The van der Waals surface area contributed by atoms with E-state index in [0.29, 0.717) is 23.5 Å². The molecule has 134 valence electrons. The Balaban J connectivity index is 1.82. The zero-order valence-corrected chi connectivity index (χ0v) is 14.9. The Kier molecular flexibility index (Phi) is 5.03. The van der Waals surface area contributed by atoms with Crippen molar-refractivity contribution in [2.24, 2.45) is 0 Å². The monoisotopic (exact) mass is 372 g/mol. The average Bonchev–Trinajstić information content (AvgIpc) is 3.28. The molecule has 0 aliphatic carbocycles. The molecule has 1 aromatic carbocycles. The predicted octanol–water partition coefficient (Wildman–Crippen LogP) is 3.21. The van der Waals surface area contributed by atoms with Crippen molar-refractivity contribution < 1.29 is 9.72 Å². The van der Waals surface area contributed by atoms with Crippen molar-refractivity contribution >= 4 is 28.6 Å². The number of carbonyl (C=O) groups is 1. The van der Waals surface area contributed by atoms with Crippen molar-refractivity contribution in [3.63, 3.8) is 0 Å². The molecule has 3 rings (SSSR count). The largest absolute Gasteiger partial charge is 0.324 e. The molecule has 0 saturated carbocycles. The third-order valence-electron chi connectivity index (χ3n) is 3.94. The molecule has 2 aromatic heterocycles. The summed E-state index contributed by atoms with van der Waals surface area (Å²) in [6, 6.07) is 5.75. The lowest BCUT2D eigenvalue weighted by Crippen LogP contribution is -2.27. The zero-order valence-electron chi connectivity index (χ0n) is 14.1. The van der Waals surface area contributed by atoms with Crippen molar-refractivity contribution in [1.29, 1.82) is 0 Å². The summed E-state index contributed by atoms with van der Waals surface area (Å²) in [5.74, 6) is 0.0920. The third kappa shape index (κ3) is 3.45. The molecule has 0 fully saturated rings. The van der Waals surface area contributed by atoms with E-state index in [1.165, 1.54) is 28.3 Å². The van der Waals surface area contributed by atoms with Crippen LogP contribution in [0.3, 0.4) is 0 Å². The summed E-state index contributed by atoms with van der Waals surface area (Å²) in [6.07, 6.45) is 0.444. The maximum Gasteiger partial charge on any atom is 0.274 e. The Morgan fingerprint density at radius 2 is 2.23 bits per heavy atom. The molecule has 0 bridgehead atoms. The topological polar surface area (TPSA) is 116 Å². The molecule has 1 amide bonds. The van der Waals surface area contributed by atoms with Crippen LogP contribution in [0, 0.1) is 17.0 Å². The number of nitro benzene ring substituents is 1. The summed E-state index contributed by atoms with van der Waals surface area (Å²) in [4.78, 5) is 24.5. The van der Waals surface area contributed by atoms with E-state index < -0.39 is 11.0 Å². The number of nitro groups is 1. The predicted molar refractivity (Wildman–Crippen MR) is 96.9 cm³/mol. The van der Waals surface area contributed by atoms with E-state index in [9.17, 15) is 14.9 Å². The van der Waals surface area contributed by atoms with Crippen LogP contribution in [0.5, 0.6) is 0 Å². The highest BCUT2D eigenvalue weighted by molar-refractivity contribution is 7.08. The number of nitrogens with zero attached hydrogens (tertiary/aromatic N) is 5. The van der Waals surface area contributed by atoms with Crippen LogP contribution < -0.4 is 5.32 Å². The Bertz CT molecular complexity index is 937. The minimum absolute atomic E-state index is 0.0468. The molecule has 0 saturated heterocycles. The minimum Gasteiger partial charge on any atom is -0.324 e. The second-order valence-electron chi connectivity index (χ2n) is 5.57. The lowest BCUT2D eigenvalue weighted by Gasteiger charge is -2.14. The first kappa shape index (κ1) is 17.7. The van der Waals surface area contributed by atoms with E-state index in [2.05, 4.69) is 20.7 Å². The quantitative estimate of drug-likeness (QED) is 0.525. The van der Waals surface area contributed by atoms with Gasteiger partial charge in [-0.2, -0.15) is 16.1 Å². The standard InChI is InChI=1S/C16H16N6O3S/c1-3-13(21-19-15(18-20-21)11-7-8-26-9-11)16(23)17-12-5-4-6-14(10(12)2)22(24)25/h4-9,13H,3H2,1-2H3,(H,17,23)/t13-/m1/s1. The number of hydrogen-bond acceptors (Lipinski definition) is 7. The molecular formula is C16H16N6O3S. The van der Waals surface area contributed by atoms with Gasteiger partial charge in [-0.25, -0.2) is 0 Å². The molecule has 0 aliphatic heterocycles. The van der Waals surface area contributed by atoms with Gasteiger partial charge < -0.3 is 5.32 Å². The minimum atomic E-state index is -0.673. The lowest BCUT2D eigenvalue weighted by atomic mass is 10.1. The number of tetrazole rings is 1. The molecule has 2 heterocycles. The van der Waals surface area contributed by atoms with Gasteiger partial charge in [-0.1, -0.05) is 13.0 Å². The molecule has 9 nitrogen and oxygen atoms in total. The van der Waals surface area contributed by atoms with Crippen molar-refractivity contribution in [2.45, 2.75) is 26.3 Å². The molecule has 1 N–H and O–H groups in total. The van der Waals surface area contributed by atoms with Crippen LogP contribution in [-0.4, -0.2) is 31.0 Å². The van der Waals surface area contributed by atoms with Gasteiger partial charge in [-0.05, 0) is 36.1 Å². The number of aromatic nitrogens is 4. The average molecular weight is 372 g/mol. The van der Waals surface area contributed by atoms with E-state index >= 15 is 0 Å². The first-order valence-electron chi connectivity index (χ1n) is 7.88. The highest BCUT2D eigenvalue weighted by Crippen LogP contribution is 2.26. The number of benzene rings is 1. The summed E-state index contributed by atoms with van der Waals surface area (Å²) >= 11 is 1.52. The van der Waals surface area contributed by atoms with Gasteiger partial charge in [0, 0.05) is 17.0 Å². The Labute approximate surface area is 152 Å². The van der Waals surface area contributed by atoms with Crippen LogP contribution >= 0.6 is 11.3 Å². The molecule has 0 spiro atoms. The highest BCUT2D eigenvalue weighted by Gasteiger charge is 2.24. The van der Waals surface area contributed by atoms with E-state index in [-0.39, 0.29) is 11.6 Å². The number of rotatable bonds is 6. The van der Waals surface area contributed by atoms with Gasteiger partial charge in [0.15, 0.2) is 6.04 Å². The summed E-state index contributed by atoms with van der Waals surface area (Å²) in [7, 11) is 0. The second-order valence-corrected chi connectivity index (χ2v) is 6.35. The van der Waals surface area contributed by atoms with Gasteiger partial charge in [0.1, 0.15) is 0 Å². The van der Waals surface area contributed by atoms with Crippen molar-refractivity contribution in [1.82, 2.24) is 20.2 Å². The molecule has 0 aliphatic rings. The number of hydrogen-bond donors (Lipinski definition) is 1. The van der Waals surface area contributed by atoms with Gasteiger partial charge in [-0.15, -0.1) is 10.2 Å². The fourth-order valence-electron chi connectivity index (χ4n) is 2.49. The van der Waals surface area contributed by atoms with Crippen molar-refractivity contribution in [3.05, 3.63) is 50.7 Å². The van der Waals surface area contributed by atoms with Gasteiger partial charge in [0.05, 0.1) is 16.2 Å². The first-order chi connectivity index (χ1) is 12.5. The molecule has 1 atom stereocenters. The number of thiophene rings is 1. The van der Waals surface area contributed by atoms with E-state index in [4.69, 9.17) is 0 Å². The summed E-state index contributed by atoms with van der Waals surface area (Å²) < 4.78 is 0. The van der Waals surface area contributed by atoms with Gasteiger partial charge in [0.2, 0.25) is 5.82 Å². The number of nitrogens with one attached hydrogen (secondary N) is 1. The summed E-state index contributed by atoms with van der Waals surface area (Å²) in [6.45, 7) is 3.43. The summed E-state index contributed by atoms with van der Waals surface area (Å²) in [5.41, 5.74) is 1.58. The third-order valence-corrected chi connectivity index (χ3v) is 4.62. The molecular weight excluding hydrogens is 356 g/mol. The molecule has 0 unspecified atom stereocenters. The van der Waals surface area contributed by atoms with Crippen LogP contribution in [0.1, 0.15) is 24.9 Å². The van der Waals surface area contributed by atoms with Crippen LogP contribution in [0.2, 0.25) is 0 Å². The van der Waals surface area contributed by atoms with Gasteiger partial charge in [-0.3, -0.25) is 14.9 Å². The van der Waals surface area contributed by atoms with Crippen LogP contribution in [0.15, 0.2) is 35.0 Å². The fraction of sp³-hybridized carbons (Fsp3) is 0.250. The fourth-order valence-corrected chi connectivity index (χ4v) is 3.13. The maximum atomic E-state index is 12.7. The molecule has 0 radical (unpaired) electrons. The molecule has 10 heteroatoms. The Morgan fingerprint density at radius 1 is 1.42 bits per heavy atom. The van der Waals surface area contributed by atoms with Gasteiger partial charge in [0.25, 0.3) is 11.6 Å². The maximum absolute atomic E-state index is 12.7. The van der Waals surface area contributed by atoms with Crippen LogP contribution in [0.4, 0.5) is 11.4 Å². The zero-order chi connectivity index (χ0) is 18.7. The molecule has 3 aromatic rings. The highest BCUT2D eigenvalue weighted by atomic mass is 32.1. The lowest BCUT2D eigenvalue weighted by molar-refractivity contribution is -0.385. The van der Waals surface area contributed by atoms with Crippen LogP contribution in [0.25, 0.3) is 11.4 Å². The second kappa shape index (κ2) is 7.40. The molecule has 26 heavy (non-hydrogen) atoms. The van der Waals surface area contributed by atoms with E-state index in [0.717, 1.165) is 5.56 Å². The van der Waals surface area contributed by atoms with Crippen molar-refractivity contribution in [3.8, 4) is 11.4 Å². The smallest absolute Gasteiger partial charge is 0.274 e. The van der Waals surface area contributed by atoms with Crippen LogP contribution in [-0.2, 0) is 4.79 Å². The summed E-state index contributed by atoms with van der Waals surface area (Å²) in [5, 5.41) is 29.8. The Hall–Kier alpha value is -3.14. The normalized spacial score (nSPS) is 11.9. The number of carbonyl (C=O) groups excluding carboxylic acids is 1.